The molecule has 0 heterocycles. The molecule has 0 saturated heterocycles. The standard InChI is InChI=1S/C13H12B3F3O5S/c14-3-7-1-8(4-15)10(5-16)9(2-7)12(20)24-11(13(17,18)19)6-25(21,22)23/h1-2,11H,3-6H2,(H,21,22,23). The molecule has 0 saturated carbocycles. The predicted molar refractivity (Wildman–Crippen MR) is 86.5 cm³/mol. The summed E-state index contributed by atoms with van der Waals surface area (Å²) in [5.41, 5.74) is 0.673. The van der Waals surface area contributed by atoms with E-state index in [1.165, 1.54) is 6.07 Å². The Morgan fingerprint density at radius 3 is 2.16 bits per heavy atom. The Morgan fingerprint density at radius 1 is 1.16 bits per heavy atom. The van der Waals surface area contributed by atoms with Gasteiger partial charge in [0.1, 0.15) is 5.75 Å². The van der Waals surface area contributed by atoms with Crippen molar-refractivity contribution in [3.05, 3.63) is 34.4 Å². The highest BCUT2D eigenvalue weighted by molar-refractivity contribution is 7.85. The van der Waals surface area contributed by atoms with Gasteiger partial charge in [0.05, 0.1) is 29.1 Å². The molecule has 1 rings (SSSR count). The fourth-order valence-electron chi connectivity index (χ4n) is 2.10. The summed E-state index contributed by atoms with van der Waals surface area (Å²) < 4.78 is 73.0. The monoisotopic (exact) mass is 370 g/mol. The lowest BCUT2D eigenvalue weighted by atomic mass is 9.81. The number of ether oxygens (including phenoxy) is 1. The van der Waals surface area contributed by atoms with Crippen LogP contribution in [0.1, 0.15) is 27.0 Å². The van der Waals surface area contributed by atoms with E-state index in [0.29, 0.717) is 11.1 Å². The molecular weight excluding hydrogens is 358 g/mol. The molecule has 1 aromatic carbocycles. The number of halogens is 3. The third-order valence-electron chi connectivity index (χ3n) is 3.26. The summed E-state index contributed by atoms with van der Waals surface area (Å²) in [6.07, 6.45) is -8.52. The predicted octanol–water partition coefficient (Wildman–Crippen LogP) is 0.668. The van der Waals surface area contributed by atoms with Gasteiger partial charge in [-0.1, -0.05) is 36.2 Å². The third kappa shape index (κ3) is 6.11. The molecule has 1 aromatic rings. The zero-order valence-electron chi connectivity index (χ0n) is 12.9. The minimum Gasteiger partial charge on any atom is -0.448 e. The van der Waals surface area contributed by atoms with Crippen molar-refractivity contribution in [2.75, 3.05) is 5.75 Å². The second-order valence-corrected chi connectivity index (χ2v) is 6.57. The summed E-state index contributed by atoms with van der Waals surface area (Å²) in [6.45, 7) is 0. The van der Waals surface area contributed by atoms with E-state index in [4.69, 9.17) is 28.1 Å². The first-order valence-corrected chi connectivity index (χ1v) is 8.51. The molecule has 25 heavy (non-hydrogen) atoms. The molecule has 5 nitrogen and oxygen atoms in total. The maximum atomic E-state index is 12.9. The molecule has 0 bridgehead atoms. The Bertz CT molecular complexity index is 737. The van der Waals surface area contributed by atoms with Gasteiger partial charge in [0.2, 0.25) is 6.10 Å². The number of carbonyl (C=O) groups is 1. The van der Waals surface area contributed by atoms with Crippen molar-refractivity contribution in [3.8, 4) is 0 Å². The van der Waals surface area contributed by atoms with Gasteiger partial charge in [-0.3, -0.25) is 4.55 Å². The molecule has 0 fully saturated rings. The van der Waals surface area contributed by atoms with Gasteiger partial charge in [-0.05, 0) is 11.6 Å². The minimum atomic E-state index is -5.20. The summed E-state index contributed by atoms with van der Waals surface area (Å²) >= 11 is 0. The number of alkyl halides is 3. The summed E-state index contributed by atoms with van der Waals surface area (Å²) in [5, 5.41) is 0. The van der Waals surface area contributed by atoms with E-state index in [-0.39, 0.29) is 30.1 Å². The van der Waals surface area contributed by atoms with E-state index in [9.17, 15) is 26.4 Å². The van der Waals surface area contributed by atoms with Crippen molar-refractivity contribution in [2.24, 2.45) is 0 Å². The molecule has 1 atom stereocenters. The second-order valence-electron chi connectivity index (χ2n) is 5.08. The number of benzene rings is 1. The van der Waals surface area contributed by atoms with E-state index >= 15 is 0 Å². The van der Waals surface area contributed by atoms with Crippen LogP contribution in [-0.2, 0) is 33.8 Å². The minimum absolute atomic E-state index is 0.0220. The topological polar surface area (TPSA) is 80.7 Å². The number of esters is 1. The third-order valence-corrected chi connectivity index (χ3v) is 3.98. The smallest absolute Gasteiger partial charge is 0.426 e. The highest BCUT2D eigenvalue weighted by atomic mass is 32.2. The number of rotatable bonds is 7. The number of hydrogen-bond donors (Lipinski definition) is 1. The molecule has 130 valence electrons. The molecule has 0 spiro atoms. The van der Waals surface area contributed by atoms with Gasteiger partial charge in [0.15, 0.2) is 0 Å². The van der Waals surface area contributed by atoms with Gasteiger partial charge in [-0.2, -0.15) is 21.6 Å². The number of carbonyl (C=O) groups excluding carboxylic acids is 1. The van der Waals surface area contributed by atoms with Crippen LogP contribution >= 0.6 is 0 Å². The molecule has 0 aromatic heterocycles. The molecule has 1 unspecified atom stereocenters. The average molecular weight is 370 g/mol. The Hall–Kier alpha value is -1.42. The van der Waals surface area contributed by atoms with E-state index in [1.807, 2.05) is 0 Å². The highest BCUT2D eigenvalue weighted by Gasteiger charge is 2.45. The molecule has 0 aliphatic carbocycles. The summed E-state index contributed by atoms with van der Waals surface area (Å²) in [4.78, 5) is 12.2. The van der Waals surface area contributed by atoms with Gasteiger partial charge in [0.25, 0.3) is 10.1 Å². The lowest BCUT2D eigenvalue weighted by Crippen LogP contribution is -2.39. The first-order valence-electron chi connectivity index (χ1n) is 6.90. The van der Waals surface area contributed by atoms with Crippen LogP contribution in [0.4, 0.5) is 13.2 Å². The molecular formula is C13H12B3F3O5S. The van der Waals surface area contributed by atoms with Gasteiger partial charge in [-0.15, -0.1) is 0 Å². The van der Waals surface area contributed by atoms with Crippen LogP contribution in [0.3, 0.4) is 0 Å². The highest BCUT2D eigenvalue weighted by Crippen LogP contribution is 2.27. The van der Waals surface area contributed by atoms with Crippen LogP contribution in [0.2, 0.25) is 0 Å². The van der Waals surface area contributed by atoms with E-state index < -0.39 is 34.1 Å². The van der Waals surface area contributed by atoms with Crippen molar-refractivity contribution >= 4 is 39.6 Å². The molecule has 0 aliphatic rings. The van der Waals surface area contributed by atoms with Crippen LogP contribution in [0, 0.1) is 0 Å². The van der Waals surface area contributed by atoms with Gasteiger partial charge in [-0.25, -0.2) is 4.79 Å². The van der Waals surface area contributed by atoms with Crippen molar-refractivity contribution in [2.45, 2.75) is 31.2 Å². The van der Waals surface area contributed by atoms with Gasteiger partial charge < -0.3 is 4.74 Å². The Balaban J connectivity index is 3.29. The maximum absolute atomic E-state index is 12.9. The van der Waals surface area contributed by atoms with Crippen LogP contribution in [0.5, 0.6) is 0 Å². The SMILES string of the molecule is [B]Cc1cc(C[B])c(C[B])c(C(=O)OC(CS(=O)(=O)O)C(F)(F)F)c1. The van der Waals surface area contributed by atoms with Crippen LogP contribution in [0.15, 0.2) is 12.1 Å². The van der Waals surface area contributed by atoms with Gasteiger partial charge >= 0.3 is 12.1 Å². The normalized spacial score (nSPS) is 13.4. The average Bonchev–Trinajstić information content (AvgIpc) is 2.50. The fraction of sp³-hybridized carbons (Fsp3) is 0.462. The number of hydrogen-bond acceptors (Lipinski definition) is 4. The van der Waals surface area contributed by atoms with E-state index in [0.717, 1.165) is 0 Å². The summed E-state index contributed by atoms with van der Waals surface area (Å²) in [7, 11) is 11.5. The zero-order valence-corrected chi connectivity index (χ0v) is 13.7. The first-order chi connectivity index (χ1) is 11.4. The molecule has 12 heteroatoms. The Labute approximate surface area is 147 Å². The molecule has 0 amide bonds. The molecule has 1 N–H and O–H groups in total. The molecule has 0 aliphatic heterocycles. The Kier molecular flexibility index (Phi) is 7.19. The van der Waals surface area contributed by atoms with Gasteiger partial charge in [0, 0.05) is 0 Å². The fourth-order valence-corrected chi connectivity index (χ4v) is 2.74. The van der Waals surface area contributed by atoms with Crippen molar-refractivity contribution in [1.82, 2.24) is 0 Å². The Morgan fingerprint density at radius 2 is 1.76 bits per heavy atom. The zero-order chi connectivity index (χ0) is 19.4. The molecule has 6 radical (unpaired) electrons. The summed E-state index contributed by atoms with van der Waals surface area (Å²) in [6, 6.07) is 2.75. The lowest BCUT2D eigenvalue weighted by Gasteiger charge is -2.21. The second kappa shape index (κ2) is 8.31. The summed E-state index contributed by atoms with van der Waals surface area (Å²) in [5.74, 6) is -3.27. The largest absolute Gasteiger partial charge is 0.448 e. The van der Waals surface area contributed by atoms with Crippen molar-refractivity contribution < 1.29 is 35.7 Å². The maximum Gasteiger partial charge on any atom is 0.426 e. The lowest BCUT2D eigenvalue weighted by molar-refractivity contribution is -0.197. The first kappa shape index (κ1) is 21.6. The van der Waals surface area contributed by atoms with Crippen LogP contribution < -0.4 is 0 Å². The van der Waals surface area contributed by atoms with Crippen LogP contribution in [-0.4, -0.2) is 60.5 Å². The quantitative estimate of drug-likeness (QED) is 0.434. The van der Waals surface area contributed by atoms with Crippen LogP contribution in [0.25, 0.3) is 0 Å². The van der Waals surface area contributed by atoms with Crippen molar-refractivity contribution in [3.63, 3.8) is 0 Å². The van der Waals surface area contributed by atoms with Crippen molar-refractivity contribution in [1.29, 1.82) is 0 Å². The van der Waals surface area contributed by atoms with E-state index in [1.54, 1.807) is 6.07 Å². The van der Waals surface area contributed by atoms with E-state index in [2.05, 4.69) is 4.74 Å².